The number of anilines is 5. The molecule has 0 spiro atoms. The first-order chi connectivity index (χ1) is 28.8. The van der Waals surface area contributed by atoms with Crippen LogP contribution in [0.4, 0.5) is 28.4 Å². The summed E-state index contributed by atoms with van der Waals surface area (Å²) in [5, 5.41) is 2.71. The van der Waals surface area contributed by atoms with E-state index in [1.165, 1.54) is 124 Å². The number of nitrogens with zero attached hydrogens (tertiary/aromatic N) is 2. The largest absolute Gasteiger partial charge is 0.335 e. The number of hydrogen-bond donors (Lipinski definition) is 0. The quantitative estimate of drug-likeness (QED) is 0.160. The third-order valence-corrected chi connectivity index (χ3v) is 16.8. The van der Waals surface area contributed by atoms with Crippen LogP contribution >= 0.6 is 11.3 Å². The summed E-state index contributed by atoms with van der Waals surface area (Å²) < 4.78 is 2.75. The molecule has 11 rings (SSSR count). The van der Waals surface area contributed by atoms with E-state index in [9.17, 15) is 0 Å². The number of benzene rings is 6. The highest BCUT2D eigenvalue weighted by molar-refractivity contribution is 7.26. The summed E-state index contributed by atoms with van der Waals surface area (Å²) in [5.74, 6) is 0. The molecule has 61 heavy (non-hydrogen) atoms. The lowest BCUT2D eigenvalue weighted by Crippen LogP contribution is -2.64. The third kappa shape index (κ3) is 5.46. The van der Waals surface area contributed by atoms with Crippen LogP contribution in [0.25, 0.3) is 31.3 Å². The van der Waals surface area contributed by atoms with Gasteiger partial charge in [-0.15, -0.1) is 11.3 Å². The molecule has 4 heteroatoms. The molecule has 4 aliphatic rings. The Hall–Kier alpha value is -4.80. The highest BCUT2D eigenvalue weighted by Gasteiger charge is 2.61. The summed E-state index contributed by atoms with van der Waals surface area (Å²) >= 11 is 1.98. The van der Waals surface area contributed by atoms with Crippen molar-refractivity contribution >= 4 is 83.0 Å². The SMILES string of the molecule is Cc1cc2c3c(c1)N1c4c(cc(C(C)(C)C)cc4C4(C)CCCCC14C)B3c1cc3sc4cc(C(C)(C)C)ccc4c3cc1N2c1ccc(C(C)(C)C)cc1-c1ccccc1. The Bertz CT molecular complexity index is 2990. The second-order valence-corrected chi connectivity index (χ2v) is 23.7. The molecule has 0 amide bonds. The molecule has 2 unspecified atom stereocenters. The van der Waals surface area contributed by atoms with Crippen molar-refractivity contribution in [2.45, 2.75) is 136 Å². The Morgan fingerprint density at radius 2 is 1.23 bits per heavy atom. The molecule has 0 radical (unpaired) electrons. The van der Waals surface area contributed by atoms with E-state index < -0.39 is 0 Å². The molecule has 2 atom stereocenters. The molecule has 7 aromatic rings. The summed E-state index contributed by atoms with van der Waals surface area (Å²) in [6.07, 6.45) is 4.97. The number of thiophene rings is 1. The first-order valence-electron chi connectivity index (χ1n) is 22.9. The molecule has 0 bridgehead atoms. The van der Waals surface area contributed by atoms with Crippen LogP contribution in [0, 0.1) is 6.92 Å². The lowest BCUT2D eigenvalue weighted by molar-refractivity contribution is 0.195. The van der Waals surface area contributed by atoms with E-state index in [0.29, 0.717) is 0 Å². The summed E-state index contributed by atoms with van der Waals surface area (Å²) in [5.41, 5.74) is 20.9. The van der Waals surface area contributed by atoms with Crippen molar-refractivity contribution in [1.82, 2.24) is 0 Å². The van der Waals surface area contributed by atoms with Crippen molar-refractivity contribution < 1.29 is 0 Å². The lowest BCUT2D eigenvalue weighted by atomic mass is 9.33. The van der Waals surface area contributed by atoms with Gasteiger partial charge in [-0.25, -0.2) is 0 Å². The van der Waals surface area contributed by atoms with Gasteiger partial charge in [0.1, 0.15) is 0 Å². The zero-order valence-electron chi connectivity index (χ0n) is 38.5. The molecule has 6 aromatic carbocycles. The zero-order valence-corrected chi connectivity index (χ0v) is 39.3. The van der Waals surface area contributed by atoms with Gasteiger partial charge in [0.05, 0.1) is 11.2 Å². The van der Waals surface area contributed by atoms with Crippen LogP contribution in [0.15, 0.2) is 103 Å². The first-order valence-corrected chi connectivity index (χ1v) is 23.7. The van der Waals surface area contributed by atoms with E-state index in [1.54, 1.807) is 5.56 Å². The van der Waals surface area contributed by atoms with Crippen molar-refractivity contribution in [3.8, 4) is 11.1 Å². The molecule has 0 N–H and O–H groups in total. The second-order valence-electron chi connectivity index (χ2n) is 22.7. The normalized spacial score (nSPS) is 20.6. The molecular weight excluding hydrogens is 756 g/mol. The summed E-state index contributed by atoms with van der Waals surface area (Å²) in [4.78, 5) is 5.58. The number of aryl methyl sites for hydroxylation is 1. The smallest absolute Gasteiger partial charge is 0.252 e. The van der Waals surface area contributed by atoms with Gasteiger partial charge in [-0.2, -0.15) is 0 Å². The Morgan fingerprint density at radius 3 is 1.95 bits per heavy atom. The minimum absolute atomic E-state index is 0.00709. The molecule has 1 fully saturated rings. The van der Waals surface area contributed by atoms with Crippen molar-refractivity contribution in [3.63, 3.8) is 0 Å². The standard InChI is InChI=1S/C57H61BN2S/c1-34-26-47-51-48(27-34)60-52-42(56(11)24-16-17-25-57(56,60)12)29-38(55(8,9)10)30-44(52)58(51)43-33-50-41(39-22-20-37(54(5,6)7)31-49(39)61-50)32-46(43)59(47)45-23-21-36(53(2,3)4)28-40(45)35-18-14-13-15-19-35/h13-15,18-23,26-33H,16-17,24-25H2,1-12H3. The van der Waals surface area contributed by atoms with Gasteiger partial charge in [0, 0.05) is 53.9 Å². The van der Waals surface area contributed by atoms with Crippen molar-refractivity contribution in [1.29, 1.82) is 0 Å². The van der Waals surface area contributed by atoms with Crippen molar-refractivity contribution in [2.24, 2.45) is 0 Å². The van der Waals surface area contributed by atoms with E-state index in [-0.39, 0.29) is 33.9 Å². The van der Waals surface area contributed by atoms with Crippen LogP contribution in [0.2, 0.25) is 0 Å². The van der Waals surface area contributed by atoms with E-state index in [4.69, 9.17) is 0 Å². The average Bonchev–Trinajstić information content (AvgIpc) is 3.66. The molecule has 1 aromatic heterocycles. The monoisotopic (exact) mass is 816 g/mol. The molecule has 0 saturated heterocycles. The van der Waals surface area contributed by atoms with E-state index in [1.807, 2.05) is 11.3 Å². The fraction of sp³-hybridized carbons (Fsp3) is 0.368. The second kappa shape index (κ2) is 12.7. The molecule has 1 saturated carbocycles. The lowest BCUT2D eigenvalue weighted by Gasteiger charge is -2.53. The van der Waals surface area contributed by atoms with Crippen LogP contribution in [-0.2, 0) is 21.7 Å². The maximum absolute atomic E-state index is 2.89. The fourth-order valence-corrected chi connectivity index (χ4v) is 13.1. The van der Waals surface area contributed by atoms with Crippen molar-refractivity contribution in [3.05, 3.63) is 131 Å². The van der Waals surface area contributed by atoms with Gasteiger partial charge >= 0.3 is 0 Å². The summed E-state index contributed by atoms with van der Waals surface area (Å²) in [6.45, 7) is 28.9. The van der Waals surface area contributed by atoms with Crippen LogP contribution in [0.5, 0.6) is 0 Å². The van der Waals surface area contributed by atoms with Gasteiger partial charge in [-0.1, -0.05) is 143 Å². The number of hydrogen-bond acceptors (Lipinski definition) is 3. The Balaban J connectivity index is 1.29. The fourth-order valence-electron chi connectivity index (χ4n) is 11.9. The van der Waals surface area contributed by atoms with Gasteiger partial charge in [0.15, 0.2) is 0 Å². The van der Waals surface area contributed by atoms with Crippen molar-refractivity contribution in [2.75, 3.05) is 9.80 Å². The first kappa shape index (κ1) is 39.1. The maximum atomic E-state index is 2.89. The predicted molar refractivity (Wildman–Crippen MR) is 268 cm³/mol. The van der Waals surface area contributed by atoms with E-state index >= 15 is 0 Å². The minimum atomic E-state index is -0.0275. The van der Waals surface area contributed by atoms with Gasteiger partial charge in [-0.3, -0.25) is 0 Å². The molecule has 3 aliphatic heterocycles. The molecule has 308 valence electrons. The highest BCUT2D eigenvalue weighted by atomic mass is 32.1. The number of fused-ring (bicyclic) bond motifs is 10. The Labute approximate surface area is 369 Å². The topological polar surface area (TPSA) is 6.48 Å². The summed E-state index contributed by atoms with van der Waals surface area (Å²) in [6, 6.07) is 41.3. The van der Waals surface area contributed by atoms with Crippen LogP contribution < -0.4 is 26.2 Å². The molecular formula is C57H61BN2S. The van der Waals surface area contributed by atoms with Crippen LogP contribution in [0.3, 0.4) is 0 Å². The molecule has 4 heterocycles. The predicted octanol–water partition coefficient (Wildman–Crippen LogP) is 14.3. The van der Waals surface area contributed by atoms with Gasteiger partial charge in [0.25, 0.3) is 6.71 Å². The molecule has 2 nitrogen and oxygen atoms in total. The van der Waals surface area contributed by atoms with Crippen LogP contribution in [0.1, 0.15) is 130 Å². The zero-order chi connectivity index (χ0) is 42.8. The minimum Gasteiger partial charge on any atom is -0.335 e. The third-order valence-electron chi connectivity index (χ3n) is 15.7. The molecule has 1 aliphatic carbocycles. The van der Waals surface area contributed by atoms with Gasteiger partial charge in [-0.05, 0) is 135 Å². The maximum Gasteiger partial charge on any atom is 0.252 e. The average molecular weight is 817 g/mol. The summed E-state index contributed by atoms with van der Waals surface area (Å²) in [7, 11) is 0. The highest BCUT2D eigenvalue weighted by Crippen LogP contribution is 2.62. The van der Waals surface area contributed by atoms with E-state index in [0.717, 1.165) is 0 Å². The van der Waals surface area contributed by atoms with E-state index in [2.05, 4.69) is 196 Å². The van der Waals surface area contributed by atoms with Gasteiger partial charge < -0.3 is 9.80 Å². The Kier molecular flexibility index (Phi) is 8.11. The number of rotatable bonds is 2. The van der Waals surface area contributed by atoms with Gasteiger partial charge in [0.2, 0.25) is 0 Å². The Morgan fingerprint density at radius 1 is 0.574 bits per heavy atom. The van der Waals surface area contributed by atoms with Crippen LogP contribution in [-0.4, -0.2) is 12.3 Å².